The highest BCUT2D eigenvalue weighted by Gasteiger charge is 2.20. The minimum atomic E-state index is -1.08. The Hall–Kier alpha value is -1.60. The molecule has 114 valence electrons. The van der Waals surface area contributed by atoms with Crippen molar-refractivity contribution in [3.05, 3.63) is 28.2 Å². The summed E-state index contributed by atoms with van der Waals surface area (Å²) >= 11 is 3.21. The van der Waals surface area contributed by atoms with Gasteiger partial charge in [0.2, 0.25) is 0 Å². The number of rotatable bonds is 4. The first kappa shape index (κ1) is 15.8. The third-order valence-electron chi connectivity index (χ3n) is 3.38. The van der Waals surface area contributed by atoms with Gasteiger partial charge in [-0.25, -0.2) is 4.79 Å². The van der Waals surface area contributed by atoms with Crippen molar-refractivity contribution >= 4 is 27.8 Å². The van der Waals surface area contributed by atoms with Crippen molar-refractivity contribution in [3.63, 3.8) is 0 Å². The lowest BCUT2D eigenvalue weighted by Gasteiger charge is -2.32. The first-order chi connectivity index (χ1) is 9.97. The first-order valence-corrected chi connectivity index (χ1v) is 7.38. The number of hydrogen-bond acceptors (Lipinski definition) is 4. The van der Waals surface area contributed by atoms with Gasteiger partial charge in [-0.15, -0.1) is 0 Å². The van der Waals surface area contributed by atoms with Crippen LogP contribution in [0.3, 0.4) is 0 Å². The molecule has 1 amide bonds. The van der Waals surface area contributed by atoms with Crippen LogP contribution in [0.5, 0.6) is 5.75 Å². The van der Waals surface area contributed by atoms with Crippen molar-refractivity contribution in [2.45, 2.75) is 0 Å². The molecule has 0 saturated carbocycles. The number of carbonyl (C=O) groups is 2. The molecule has 0 bridgehead atoms. The maximum Gasteiger partial charge on any atom is 0.339 e. The van der Waals surface area contributed by atoms with Crippen LogP contribution < -0.4 is 4.74 Å². The number of benzene rings is 1. The van der Waals surface area contributed by atoms with E-state index >= 15 is 0 Å². The number of halogens is 1. The predicted molar refractivity (Wildman–Crippen MR) is 80.7 cm³/mol. The molecule has 0 unspecified atom stereocenters. The predicted octanol–water partition coefficient (Wildman–Crippen LogP) is 1.30. The van der Waals surface area contributed by atoms with E-state index in [-0.39, 0.29) is 23.8 Å². The number of hydrogen-bond donors (Lipinski definition) is 1. The molecular formula is C14H17BrN2O4. The van der Waals surface area contributed by atoms with Gasteiger partial charge in [0.15, 0.2) is 6.61 Å². The quantitative estimate of drug-likeness (QED) is 0.880. The van der Waals surface area contributed by atoms with Gasteiger partial charge < -0.3 is 19.6 Å². The second-order valence-electron chi connectivity index (χ2n) is 4.92. The summed E-state index contributed by atoms with van der Waals surface area (Å²) in [6.07, 6.45) is 0. The van der Waals surface area contributed by atoms with E-state index < -0.39 is 5.97 Å². The Kier molecular flexibility index (Phi) is 5.19. The first-order valence-electron chi connectivity index (χ1n) is 6.59. The lowest BCUT2D eigenvalue weighted by atomic mass is 10.2. The molecule has 2 rings (SSSR count). The zero-order valence-corrected chi connectivity index (χ0v) is 13.3. The molecule has 0 aromatic heterocycles. The van der Waals surface area contributed by atoms with E-state index in [0.717, 1.165) is 13.1 Å². The molecule has 21 heavy (non-hydrogen) atoms. The van der Waals surface area contributed by atoms with Crippen molar-refractivity contribution in [1.82, 2.24) is 9.80 Å². The number of aromatic carboxylic acids is 1. The fourth-order valence-corrected chi connectivity index (χ4v) is 2.44. The highest BCUT2D eigenvalue weighted by molar-refractivity contribution is 9.10. The molecule has 1 heterocycles. The van der Waals surface area contributed by atoms with Gasteiger partial charge >= 0.3 is 5.97 Å². The number of nitrogens with zero attached hydrogens (tertiary/aromatic N) is 2. The summed E-state index contributed by atoms with van der Waals surface area (Å²) in [5.41, 5.74) is 0.0375. The zero-order valence-electron chi connectivity index (χ0n) is 11.7. The average Bonchev–Trinajstić information content (AvgIpc) is 2.46. The Morgan fingerprint density at radius 3 is 2.57 bits per heavy atom. The topological polar surface area (TPSA) is 70.1 Å². The van der Waals surface area contributed by atoms with Crippen molar-refractivity contribution in [3.8, 4) is 5.75 Å². The lowest BCUT2D eigenvalue weighted by molar-refractivity contribution is -0.134. The number of amides is 1. The maximum atomic E-state index is 12.1. The van der Waals surface area contributed by atoms with Crippen LogP contribution in [-0.2, 0) is 4.79 Å². The third-order valence-corrected chi connectivity index (χ3v) is 3.87. The standard InChI is InChI=1S/C14H17BrN2O4/c1-16-4-6-17(7-5-16)13(18)9-21-12-3-2-10(15)8-11(12)14(19)20/h2-3,8H,4-7,9H2,1H3,(H,19,20). The van der Waals surface area contributed by atoms with Gasteiger partial charge in [-0.05, 0) is 25.2 Å². The molecule has 1 aliphatic rings. The van der Waals surface area contributed by atoms with Gasteiger partial charge in [0.25, 0.3) is 5.91 Å². The van der Waals surface area contributed by atoms with Crippen LogP contribution in [-0.4, -0.2) is 66.6 Å². The summed E-state index contributed by atoms with van der Waals surface area (Å²) < 4.78 is 6.04. The summed E-state index contributed by atoms with van der Waals surface area (Å²) in [7, 11) is 2.01. The Bertz CT molecular complexity index is 542. The second kappa shape index (κ2) is 6.91. The minimum Gasteiger partial charge on any atom is -0.483 e. The molecule has 7 heteroatoms. The van der Waals surface area contributed by atoms with E-state index in [0.29, 0.717) is 17.6 Å². The molecule has 0 spiro atoms. The van der Waals surface area contributed by atoms with E-state index in [1.54, 1.807) is 17.0 Å². The minimum absolute atomic E-state index is 0.0375. The largest absolute Gasteiger partial charge is 0.483 e. The number of likely N-dealkylation sites (N-methyl/N-ethyl adjacent to an activating group) is 1. The van der Waals surface area contributed by atoms with E-state index in [2.05, 4.69) is 20.8 Å². The molecule has 1 fully saturated rings. The molecular weight excluding hydrogens is 340 g/mol. The second-order valence-corrected chi connectivity index (χ2v) is 5.83. The molecule has 1 aromatic rings. The van der Waals surface area contributed by atoms with E-state index in [4.69, 9.17) is 9.84 Å². The van der Waals surface area contributed by atoms with E-state index in [1.165, 1.54) is 6.07 Å². The van der Waals surface area contributed by atoms with Crippen LogP contribution in [0, 0.1) is 0 Å². The Morgan fingerprint density at radius 1 is 1.29 bits per heavy atom. The van der Waals surface area contributed by atoms with Crippen LogP contribution >= 0.6 is 15.9 Å². The molecule has 0 aliphatic carbocycles. The van der Waals surface area contributed by atoms with E-state index in [1.807, 2.05) is 7.05 Å². The molecule has 1 N–H and O–H groups in total. The molecule has 1 saturated heterocycles. The average molecular weight is 357 g/mol. The van der Waals surface area contributed by atoms with Crippen LogP contribution in [0.1, 0.15) is 10.4 Å². The van der Waals surface area contributed by atoms with Gasteiger partial charge in [0.05, 0.1) is 0 Å². The van der Waals surface area contributed by atoms with Crippen molar-refractivity contribution < 1.29 is 19.4 Å². The molecule has 1 aliphatic heterocycles. The number of carbonyl (C=O) groups excluding carboxylic acids is 1. The zero-order chi connectivity index (χ0) is 15.4. The van der Waals surface area contributed by atoms with Gasteiger partial charge in [0.1, 0.15) is 11.3 Å². The summed E-state index contributed by atoms with van der Waals surface area (Å²) in [6, 6.07) is 4.69. The van der Waals surface area contributed by atoms with Crippen molar-refractivity contribution in [1.29, 1.82) is 0 Å². The summed E-state index contributed by atoms with van der Waals surface area (Å²) in [5, 5.41) is 9.13. The number of piperazine rings is 1. The van der Waals surface area contributed by atoms with Crippen molar-refractivity contribution in [2.75, 3.05) is 39.8 Å². The van der Waals surface area contributed by atoms with Crippen LogP contribution in [0.15, 0.2) is 22.7 Å². The van der Waals surface area contributed by atoms with Crippen molar-refractivity contribution in [2.24, 2.45) is 0 Å². The molecule has 1 aromatic carbocycles. The van der Waals surface area contributed by atoms with Crippen LogP contribution in [0.4, 0.5) is 0 Å². The Balaban J connectivity index is 1.96. The number of carboxylic acid groups (broad SMARTS) is 1. The normalized spacial score (nSPS) is 15.8. The van der Waals surface area contributed by atoms with E-state index in [9.17, 15) is 9.59 Å². The van der Waals surface area contributed by atoms with Crippen LogP contribution in [0.2, 0.25) is 0 Å². The smallest absolute Gasteiger partial charge is 0.339 e. The number of carboxylic acids is 1. The highest BCUT2D eigenvalue weighted by atomic mass is 79.9. The molecule has 6 nitrogen and oxygen atoms in total. The summed E-state index contributed by atoms with van der Waals surface area (Å²) in [4.78, 5) is 27.1. The van der Waals surface area contributed by atoms with Gasteiger partial charge in [-0.1, -0.05) is 15.9 Å². The Labute approximate surface area is 131 Å². The highest BCUT2D eigenvalue weighted by Crippen LogP contribution is 2.23. The fraction of sp³-hybridized carbons (Fsp3) is 0.429. The summed E-state index contributed by atoms with van der Waals surface area (Å²) in [5.74, 6) is -1.01. The molecule has 0 radical (unpaired) electrons. The molecule has 0 atom stereocenters. The van der Waals surface area contributed by atoms with Crippen LogP contribution in [0.25, 0.3) is 0 Å². The summed E-state index contributed by atoms with van der Waals surface area (Å²) in [6.45, 7) is 2.87. The third kappa shape index (κ3) is 4.18. The lowest BCUT2D eigenvalue weighted by Crippen LogP contribution is -2.48. The Morgan fingerprint density at radius 2 is 1.95 bits per heavy atom. The number of ether oxygens (including phenoxy) is 1. The van der Waals surface area contributed by atoms with Gasteiger partial charge in [-0.2, -0.15) is 0 Å². The fourth-order valence-electron chi connectivity index (χ4n) is 2.08. The monoisotopic (exact) mass is 356 g/mol. The van der Waals surface area contributed by atoms with Gasteiger partial charge in [0, 0.05) is 30.7 Å². The maximum absolute atomic E-state index is 12.1. The SMILES string of the molecule is CN1CCN(C(=O)COc2ccc(Br)cc2C(=O)O)CC1. The van der Waals surface area contributed by atoms with Gasteiger partial charge in [-0.3, -0.25) is 4.79 Å².